The maximum atomic E-state index is 8.63. The van der Waals surface area contributed by atoms with Crippen LogP contribution in [0.1, 0.15) is 11.1 Å². The molecular formula is C18H20ClN7O. The molecule has 0 aliphatic rings. The maximum absolute atomic E-state index is 8.63. The van der Waals surface area contributed by atoms with Crippen LogP contribution in [0.2, 0.25) is 5.02 Å². The van der Waals surface area contributed by atoms with Crippen LogP contribution in [0.5, 0.6) is 5.75 Å². The summed E-state index contributed by atoms with van der Waals surface area (Å²) in [5.41, 5.74) is 19.0. The quantitative estimate of drug-likeness (QED) is 0.323. The predicted molar refractivity (Wildman–Crippen MR) is 105 cm³/mol. The highest BCUT2D eigenvalue weighted by Crippen LogP contribution is 2.19. The van der Waals surface area contributed by atoms with Crippen LogP contribution in [-0.4, -0.2) is 19.8 Å². The van der Waals surface area contributed by atoms with Crippen LogP contribution in [0.25, 0.3) is 20.9 Å². The Bertz CT molecular complexity index is 832. The van der Waals surface area contributed by atoms with E-state index >= 15 is 0 Å². The Morgan fingerprint density at radius 3 is 2.67 bits per heavy atom. The third-order valence-corrected chi connectivity index (χ3v) is 4.25. The smallest absolute Gasteiger partial charge is 0.167 e. The predicted octanol–water partition coefficient (Wildman–Crippen LogP) is 5.25. The van der Waals surface area contributed by atoms with E-state index in [-0.39, 0.29) is 12.6 Å². The van der Waals surface area contributed by atoms with Gasteiger partial charge in [-0.15, -0.1) is 0 Å². The Balaban J connectivity index is 1.91. The van der Waals surface area contributed by atoms with Gasteiger partial charge in [0.15, 0.2) is 6.73 Å². The van der Waals surface area contributed by atoms with Gasteiger partial charge in [-0.25, -0.2) is 0 Å². The van der Waals surface area contributed by atoms with Gasteiger partial charge in [-0.3, -0.25) is 0 Å². The summed E-state index contributed by atoms with van der Waals surface area (Å²) in [5, 5.41) is 11.2. The highest BCUT2D eigenvalue weighted by molar-refractivity contribution is 6.31. The van der Waals surface area contributed by atoms with Crippen molar-refractivity contribution in [1.29, 1.82) is 0 Å². The van der Waals surface area contributed by atoms with Crippen molar-refractivity contribution in [2.24, 2.45) is 16.1 Å². The average molecular weight is 386 g/mol. The van der Waals surface area contributed by atoms with E-state index in [1.165, 1.54) is 0 Å². The zero-order valence-electron chi connectivity index (χ0n) is 14.7. The van der Waals surface area contributed by atoms with E-state index in [0.29, 0.717) is 30.4 Å². The van der Waals surface area contributed by atoms with E-state index in [4.69, 9.17) is 27.4 Å². The fraction of sp³-hybridized carbons (Fsp3) is 0.333. The molecule has 0 aromatic heterocycles. The molecule has 0 amide bonds. The van der Waals surface area contributed by atoms with Gasteiger partial charge in [0, 0.05) is 27.9 Å². The first kappa shape index (κ1) is 20.4. The van der Waals surface area contributed by atoms with Crippen LogP contribution in [0.3, 0.4) is 0 Å². The Hall–Kier alpha value is -2.89. The molecule has 0 bridgehead atoms. The van der Waals surface area contributed by atoms with Crippen LogP contribution in [-0.2, 0) is 13.0 Å². The van der Waals surface area contributed by atoms with Crippen LogP contribution >= 0.6 is 11.6 Å². The van der Waals surface area contributed by atoms with E-state index in [0.717, 1.165) is 17.5 Å². The summed E-state index contributed by atoms with van der Waals surface area (Å²) >= 11 is 6.23. The fourth-order valence-electron chi connectivity index (χ4n) is 2.62. The zero-order valence-corrected chi connectivity index (χ0v) is 15.5. The van der Waals surface area contributed by atoms with Gasteiger partial charge < -0.3 is 10.1 Å². The topological polar surface area (TPSA) is 119 Å². The van der Waals surface area contributed by atoms with E-state index in [2.05, 4.69) is 25.4 Å². The van der Waals surface area contributed by atoms with Crippen molar-refractivity contribution in [2.45, 2.75) is 13.0 Å². The molecule has 0 saturated heterocycles. The van der Waals surface area contributed by atoms with Crippen molar-refractivity contribution in [2.75, 3.05) is 19.8 Å². The average Bonchev–Trinajstić information content (AvgIpc) is 2.68. The molecule has 0 unspecified atom stereocenters. The third-order valence-electron chi connectivity index (χ3n) is 3.88. The summed E-state index contributed by atoms with van der Waals surface area (Å²) in [6.07, 6.45) is 0.723. The first-order valence-electron chi connectivity index (χ1n) is 8.40. The number of benzene rings is 2. The minimum absolute atomic E-state index is 0.0422. The van der Waals surface area contributed by atoms with Gasteiger partial charge in [0.1, 0.15) is 5.75 Å². The van der Waals surface area contributed by atoms with Crippen molar-refractivity contribution < 1.29 is 4.74 Å². The maximum Gasteiger partial charge on any atom is 0.167 e. The first-order valence-corrected chi connectivity index (χ1v) is 8.78. The lowest BCUT2D eigenvalue weighted by Gasteiger charge is -2.16. The van der Waals surface area contributed by atoms with Gasteiger partial charge in [0.05, 0.1) is 0 Å². The van der Waals surface area contributed by atoms with Crippen molar-refractivity contribution in [3.05, 3.63) is 85.6 Å². The molecule has 0 spiro atoms. The number of hydrogen-bond donors (Lipinski definition) is 1. The number of azide groups is 2. The van der Waals surface area contributed by atoms with Gasteiger partial charge in [0.2, 0.25) is 0 Å². The Kier molecular flexibility index (Phi) is 8.83. The number of hydrogen-bond acceptors (Lipinski definition) is 4. The molecule has 0 radical (unpaired) electrons. The summed E-state index contributed by atoms with van der Waals surface area (Å²) in [6.45, 7) is 1.66. The standard InChI is InChI=1S/C18H20ClN7O/c19-18-7-2-1-5-16(18)8-15(12-23-25-20)11-22-10-14-4-3-6-17(9-14)27-13-24-26-21/h1-7,9,15,22H,8,10-13H2/t15-/m0/s1. The molecule has 0 saturated carbocycles. The second-order valence-corrected chi connectivity index (χ2v) is 6.26. The van der Waals surface area contributed by atoms with Gasteiger partial charge in [-0.1, -0.05) is 52.2 Å². The molecule has 2 aromatic rings. The van der Waals surface area contributed by atoms with E-state index < -0.39 is 0 Å². The normalized spacial score (nSPS) is 11.1. The van der Waals surface area contributed by atoms with Crippen molar-refractivity contribution >= 4 is 11.6 Å². The Morgan fingerprint density at radius 1 is 1.07 bits per heavy atom. The first-order chi connectivity index (χ1) is 13.2. The molecule has 140 valence electrons. The molecule has 9 heteroatoms. The molecule has 0 fully saturated rings. The monoisotopic (exact) mass is 385 g/mol. The van der Waals surface area contributed by atoms with E-state index in [9.17, 15) is 0 Å². The number of nitrogens with zero attached hydrogens (tertiary/aromatic N) is 6. The molecule has 0 aliphatic carbocycles. The van der Waals surface area contributed by atoms with Crippen LogP contribution in [0.4, 0.5) is 0 Å². The summed E-state index contributed by atoms with van der Waals surface area (Å²) < 4.78 is 5.34. The number of ether oxygens (including phenoxy) is 1. The second-order valence-electron chi connectivity index (χ2n) is 5.86. The molecule has 2 aromatic carbocycles. The summed E-state index contributed by atoms with van der Waals surface area (Å²) in [4.78, 5) is 5.52. The summed E-state index contributed by atoms with van der Waals surface area (Å²) in [6, 6.07) is 15.2. The molecule has 2 rings (SSSR count). The fourth-order valence-corrected chi connectivity index (χ4v) is 2.84. The van der Waals surface area contributed by atoms with Crippen LogP contribution < -0.4 is 10.1 Å². The number of nitrogens with one attached hydrogen (secondary N) is 1. The van der Waals surface area contributed by atoms with Crippen LogP contribution in [0, 0.1) is 5.92 Å². The van der Waals surface area contributed by atoms with Gasteiger partial charge in [-0.05, 0) is 59.3 Å². The lowest BCUT2D eigenvalue weighted by molar-refractivity contribution is 0.329. The Morgan fingerprint density at radius 2 is 1.89 bits per heavy atom. The molecule has 1 N–H and O–H groups in total. The van der Waals surface area contributed by atoms with Crippen LogP contribution in [0.15, 0.2) is 58.8 Å². The lowest BCUT2D eigenvalue weighted by atomic mass is 9.99. The minimum Gasteiger partial charge on any atom is -0.488 e. The van der Waals surface area contributed by atoms with Gasteiger partial charge >= 0.3 is 0 Å². The van der Waals surface area contributed by atoms with E-state index in [1.54, 1.807) is 6.07 Å². The third kappa shape index (κ3) is 7.48. The number of halogens is 1. The molecule has 0 heterocycles. The van der Waals surface area contributed by atoms with Crippen molar-refractivity contribution in [1.82, 2.24) is 5.32 Å². The van der Waals surface area contributed by atoms with Gasteiger partial charge in [0.25, 0.3) is 0 Å². The molecular weight excluding hydrogens is 366 g/mol. The molecule has 1 atom stereocenters. The summed E-state index contributed by atoms with van der Waals surface area (Å²) in [7, 11) is 0. The lowest BCUT2D eigenvalue weighted by Crippen LogP contribution is -2.26. The van der Waals surface area contributed by atoms with Crippen molar-refractivity contribution in [3.8, 4) is 5.75 Å². The Labute approximate surface area is 162 Å². The second kappa shape index (κ2) is 11.7. The SMILES string of the molecule is [N-]=[N+]=NCOc1cccc(CNC[C@@H](CN=[N+]=[N-])Cc2ccccc2Cl)c1. The zero-order chi connectivity index (χ0) is 19.3. The van der Waals surface area contributed by atoms with E-state index in [1.807, 2.05) is 42.5 Å². The molecule has 27 heavy (non-hydrogen) atoms. The summed E-state index contributed by atoms with van der Waals surface area (Å²) in [5.74, 6) is 0.772. The van der Waals surface area contributed by atoms with Crippen molar-refractivity contribution in [3.63, 3.8) is 0 Å². The molecule has 8 nitrogen and oxygen atoms in total. The minimum atomic E-state index is -0.0422. The highest BCUT2D eigenvalue weighted by atomic mass is 35.5. The number of rotatable bonds is 11. The van der Waals surface area contributed by atoms with Gasteiger partial charge in [-0.2, -0.15) is 0 Å². The largest absolute Gasteiger partial charge is 0.488 e. The molecule has 0 aliphatic heterocycles. The highest BCUT2D eigenvalue weighted by Gasteiger charge is 2.11.